The van der Waals surface area contributed by atoms with Crippen LogP contribution in [0.5, 0.6) is 0 Å². The van der Waals surface area contributed by atoms with Crippen molar-refractivity contribution < 1.29 is 14.3 Å². The molecule has 0 bridgehead atoms. The van der Waals surface area contributed by atoms with Crippen molar-refractivity contribution in [3.8, 4) is 0 Å². The second kappa shape index (κ2) is 9.93. The molecule has 3 atom stereocenters. The Morgan fingerprint density at radius 1 is 0.879 bits per heavy atom. The van der Waals surface area contributed by atoms with E-state index in [0.29, 0.717) is 19.7 Å². The summed E-state index contributed by atoms with van der Waals surface area (Å²) in [7, 11) is 0. The molecule has 7 heteroatoms. The minimum Gasteiger partial charge on any atom is -0.373 e. The highest BCUT2D eigenvalue weighted by atomic mass is 16.5. The average Bonchev–Trinajstić information content (AvgIpc) is 3.26. The fraction of sp³-hybridized carbons (Fsp3) is 0.462. The summed E-state index contributed by atoms with van der Waals surface area (Å²) >= 11 is 0. The van der Waals surface area contributed by atoms with Crippen molar-refractivity contribution in [1.29, 1.82) is 0 Å². The summed E-state index contributed by atoms with van der Waals surface area (Å²) in [5.74, 6) is 0.174. The zero-order chi connectivity index (χ0) is 22.6. The van der Waals surface area contributed by atoms with Crippen molar-refractivity contribution in [3.05, 3.63) is 66.2 Å². The summed E-state index contributed by atoms with van der Waals surface area (Å²) in [5.41, 5.74) is 2.13. The lowest BCUT2D eigenvalue weighted by molar-refractivity contribution is -0.122. The van der Waals surface area contributed by atoms with Crippen LogP contribution in [0.3, 0.4) is 0 Å². The molecule has 1 N–H and O–H groups in total. The summed E-state index contributed by atoms with van der Waals surface area (Å²) in [4.78, 5) is 31.9. The maximum atomic E-state index is 13.0. The van der Waals surface area contributed by atoms with Gasteiger partial charge in [0.15, 0.2) is 0 Å². The molecule has 3 fully saturated rings. The van der Waals surface area contributed by atoms with Gasteiger partial charge in [-0.2, -0.15) is 0 Å². The smallest absolute Gasteiger partial charge is 0.317 e. The van der Waals surface area contributed by atoms with E-state index in [-0.39, 0.29) is 30.1 Å². The van der Waals surface area contributed by atoms with Gasteiger partial charge in [0, 0.05) is 51.1 Å². The van der Waals surface area contributed by atoms with E-state index in [9.17, 15) is 9.59 Å². The van der Waals surface area contributed by atoms with Crippen LogP contribution in [-0.2, 0) is 9.53 Å². The molecule has 0 aromatic heterocycles. The molecule has 0 aliphatic carbocycles. The minimum absolute atomic E-state index is 0.00276. The number of piperazine rings is 1. The Hall–Kier alpha value is -2.90. The molecular formula is C26H32N4O3. The fourth-order valence-corrected chi connectivity index (χ4v) is 5.20. The summed E-state index contributed by atoms with van der Waals surface area (Å²) in [6, 6.07) is 20.1. The number of rotatable bonds is 4. The molecule has 3 heterocycles. The van der Waals surface area contributed by atoms with Crippen molar-refractivity contribution >= 4 is 17.6 Å². The monoisotopic (exact) mass is 448 g/mol. The predicted octanol–water partition coefficient (Wildman–Crippen LogP) is 3.04. The van der Waals surface area contributed by atoms with Crippen molar-refractivity contribution in [3.63, 3.8) is 0 Å². The molecule has 2 aromatic carbocycles. The quantitative estimate of drug-likeness (QED) is 0.781. The van der Waals surface area contributed by atoms with E-state index in [4.69, 9.17) is 4.74 Å². The number of benzene rings is 2. The van der Waals surface area contributed by atoms with Gasteiger partial charge in [-0.25, -0.2) is 4.79 Å². The highest BCUT2D eigenvalue weighted by Crippen LogP contribution is 2.28. The zero-order valence-electron chi connectivity index (χ0n) is 18.9. The van der Waals surface area contributed by atoms with Crippen LogP contribution in [0.4, 0.5) is 10.5 Å². The van der Waals surface area contributed by atoms with Crippen molar-refractivity contribution in [2.45, 2.75) is 37.5 Å². The Labute approximate surface area is 195 Å². The van der Waals surface area contributed by atoms with Gasteiger partial charge in [0.1, 0.15) is 0 Å². The Morgan fingerprint density at radius 2 is 1.58 bits per heavy atom. The topological polar surface area (TPSA) is 65.1 Å². The van der Waals surface area contributed by atoms with Crippen LogP contribution in [0.25, 0.3) is 0 Å². The highest BCUT2D eigenvalue weighted by molar-refractivity contribution is 5.99. The lowest BCUT2D eigenvalue weighted by Gasteiger charge is -2.38. The van der Waals surface area contributed by atoms with Gasteiger partial charge in [0.05, 0.1) is 12.1 Å². The van der Waals surface area contributed by atoms with E-state index in [1.165, 1.54) is 0 Å². The number of nitrogens with zero attached hydrogens (tertiary/aromatic N) is 3. The standard InChI is InChI=1S/C26H32N4O3/c31-25-23(11-13-30(25)22-9-5-2-6-10-22)28-14-16-29(17-15-28)26(32)27-21-12-18-33-24(19-21)20-7-3-1-4-8-20/h1-10,21,23-24H,11-19H2,(H,27,32). The molecule has 0 radical (unpaired) electrons. The maximum absolute atomic E-state index is 13.0. The Balaban J connectivity index is 1.11. The van der Waals surface area contributed by atoms with Gasteiger partial charge < -0.3 is 19.9 Å². The van der Waals surface area contributed by atoms with Gasteiger partial charge in [0.25, 0.3) is 0 Å². The van der Waals surface area contributed by atoms with Crippen molar-refractivity contribution in [2.75, 3.05) is 44.2 Å². The highest BCUT2D eigenvalue weighted by Gasteiger charge is 2.38. The van der Waals surface area contributed by atoms with E-state index in [0.717, 1.165) is 50.1 Å². The number of ether oxygens (including phenoxy) is 1. The lowest BCUT2D eigenvalue weighted by Crippen LogP contribution is -2.57. The largest absolute Gasteiger partial charge is 0.373 e. The van der Waals surface area contributed by atoms with E-state index in [1.807, 2.05) is 58.3 Å². The van der Waals surface area contributed by atoms with Crippen LogP contribution in [0.1, 0.15) is 30.9 Å². The lowest BCUT2D eigenvalue weighted by atomic mass is 9.97. The van der Waals surface area contributed by atoms with Crippen LogP contribution in [0, 0.1) is 0 Å². The molecule has 174 valence electrons. The van der Waals surface area contributed by atoms with E-state index in [2.05, 4.69) is 22.3 Å². The van der Waals surface area contributed by atoms with Gasteiger partial charge in [-0.1, -0.05) is 48.5 Å². The van der Waals surface area contributed by atoms with Crippen molar-refractivity contribution in [2.24, 2.45) is 0 Å². The van der Waals surface area contributed by atoms with Crippen LogP contribution in [-0.4, -0.2) is 73.2 Å². The molecule has 3 unspecified atom stereocenters. The van der Waals surface area contributed by atoms with Gasteiger partial charge in [-0.05, 0) is 37.0 Å². The Kier molecular flexibility index (Phi) is 6.60. The Bertz CT molecular complexity index is 947. The van der Waals surface area contributed by atoms with Gasteiger partial charge in [-0.3, -0.25) is 9.69 Å². The molecule has 3 amide bonds. The van der Waals surface area contributed by atoms with Crippen LogP contribution >= 0.6 is 0 Å². The zero-order valence-corrected chi connectivity index (χ0v) is 18.9. The van der Waals surface area contributed by atoms with Gasteiger partial charge >= 0.3 is 6.03 Å². The molecule has 0 saturated carbocycles. The molecule has 33 heavy (non-hydrogen) atoms. The molecule has 7 nitrogen and oxygen atoms in total. The van der Waals surface area contributed by atoms with E-state index >= 15 is 0 Å². The number of nitrogens with one attached hydrogen (secondary N) is 1. The first-order valence-electron chi connectivity index (χ1n) is 12.0. The SMILES string of the molecule is O=C(NC1CCOC(c2ccccc2)C1)N1CCN(C2CCN(c3ccccc3)C2=O)CC1. The third kappa shape index (κ3) is 4.89. The predicted molar refractivity (Wildman–Crippen MR) is 127 cm³/mol. The fourth-order valence-electron chi connectivity index (χ4n) is 5.20. The Morgan fingerprint density at radius 3 is 2.30 bits per heavy atom. The number of carbonyl (C=O) groups excluding carboxylic acids is 2. The number of anilines is 1. The summed E-state index contributed by atoms with van der Waals surface area (Å²) in [6.07, 6.45) is 2.49. The molecule has 3 aliphatic rings. The van der Waals surface area contributed by atoms with Gasteiger partial charge in [0.2, 0.25) is 5.91 Å². The van der Waals surface area contributed by atoms with E-state index in [1.54, 1.807) is 0 Å². The summed E-state index contributed by atoms with van der Waals surface area (Å²) in [6.45, 7) is 4.15. The summed E-state index contributed by atoms with van der Waals surface area (Å²) in [5, 5.41) is 3.22. The number of urea groups is 1. The molecule has 3 saturated heterocycles. The average molecular weight is 449 g/mol. The minimum atomic E-state index is -0.0856. The normalized spacial score (nSPS) is 26.4. The van der Waals surface area contributed by atoms with Crippen LogP contribution < -0.4 is 10.2 Å². The first-order chi connectivity index (χ1) is 16.2. The molecule has 5 rings (SSSR count). The van der Waals surface area contributed by atoms with Gasteiger partial charge in [-0.15, -0.1) is 0 Å². The number of carbonyl (C=O) groups is 2. The first-order valence-corrected chi connectivity index (χ1v) is 12.0. The number of para-hydroxylation sites is 1. The first kappa shape index (κ1) is 21.9. The second-order valence-electron chi connectivity index (χ2n) is 9.09. The number of hydrogen-bond acceptors (Lipinski definition) is 4. The second-order valence-corrected chi connectivity index (χ2v) is 9.09. The molecule has 0 spiro atoms. The van der Waals surface area contributed by atoms with Crippen LogP contribution in [0.15, 0.2) is 60.7 Å². The van der Waals surface area contributed by atoms with E-state index < -0.39 is 0 Å². The summed E-state index contributed by atoms with van der Waals surface area (Å²) < 4.78 is 5.94. The number of hydrogen-bond donors (Lipinski definition) is 1. The molecule has 2 aromatic rings. The third-order valence-electron chi connectivity index (χ3n) is 7.07. The third-order valence-corrected chi connectivity index (χ3v) is 7.07. The maximum Gasteiger partial charge on any atom is 0.317 e. The van der Waals surface area contributed by atoms with Crippen LogP contribution in [0.2, 0.25) is 0 Å². The molecular weight excluding hydrogens is 416 g/mol. The number of amides is 3. The van der Waals surface area contributed by atoms with Crippen molar-refractivity contribution in [1.82, 2.24) is 15.1 Å². The molecule has 3 aliphatic heterocycles.